The lowest BCUT2D eigenvalue weighted by molar-refractivity contribution is -0.399. The van der Waals surface area contributed by atoms with Gasteiger partial charge in [0.25, 0.3) is 0 Å². The van der Waals surface area contributed by atoms with Crippen LogP contribution >= 0.6 is 0 Å². The lowest BCUT2D eigenvalue weighted by Crippen LogP contribution is -2.69. The van der Waals surface area contributed by atoms with Crippen molar-refractivity contribution in [3.63, 3.8) is 0 Å². The topological polar surface area (TPSA) is 211 Å². The number of rotatable bonds is 40. The maximum absolute atomic E-state index is 13.2. The molecule has 12 rings (SSSR count). The highest BCUT2D eigenvalue weighted by Crippen LogP contribution is 2.41. The van der Waals surface area contributed by atoms with E-state index in [2.05, 4.69) is 0 Å². The van der Waals surface area contributed by atoms with Gasteiger partial charge in [-0.05, 0) is 44.5 Å². The van der Waals surface area contributed by atoms with Gasteiger partial charge in [0.05, 0.1) is 79.3 Å². The van der Waals surface area contributed by atoms with E-state index in [1.54, 1.807) is 28.4 Å². The molecule has 0 amide bonds. The van der Waals surface area contributed by atoms with E-state index in [1.807, 2.05) is 243 Å². The van der Waals surface area contributed by atoms with Crippen molar-refractivity contribution in [3.05, 3.63) is 287 Å². The van der Waals surface area contributed by atoms with E-state index in [-0.39, 0.29) is 79.3 Å². The smallest absolute Gasteiger partial charge is 0.303 e. The molecule has 0 saturated carbocycles. The molecule has 582 valence electrons. The van der Waals surface area contributed by atoms with Crippen LogP contribution in [0.4, 0.5) is 0 Å². The van der Waals surface area contributed by atoms with Crippen LogP contribution in [-0.2, 0) is 157 Å². The van der Waals surface area contributed by atoms with Crippen LogP contribution < -0.4 is 0 Å². The quantitative estimate of drug-likeness (QED) is 0.0327. The zero-order chi connectivity index (χ0) is 75.4. The SMILES string of the molecule is CO[C@H]1O[C@H](COCc2ccccc2)[C@@H](O[C@H]2O[C@H](COCc3ccccc3)[C@@H](O[C@H]3O[C@H](COCc4ccccc4)[C@@H](O[C@H]4O[C@H](COCc5ccccc5)[C@@H](OC(C)=O)[C@H](OC)[C@@H]4OCc4ccccc4)[C@H](OC)[C@@H]3OCc3ccccc3)[C@H](OC)[C@@H]2OCc2ccccc2)[C@H](OC)[C@@H]1OCc1ccccc1. The lowest BCUT2D eigenvalue weighted by Gasteiger charge is -2.52. The van der Waals surface area contributed by atoms with Gasteiger partial charge in [-0.3, -0.25) is 4.79 Å². The van der Waals surface area contributed by atoms with Crippen LogP contribution in [0.15, 0.2) is 243 Å². The summed E-state index contributed by atoms with van der Waals surface area (Å²) in [6.07, 6.45) is -21.0. The lowest BCUT2D eigenvalue weighted by atomic mass is 9.94. The fourth-order valence-corrected chi connectivity index (χ4v) is 14.2. The summed E-state index contributed by atoms with van der Waals surface area (Å²) in [5.74, 6) is -0.558. The van der Waals surface area contributed by atoms with Gasteiger partial charge in [0.1, 0.15) is 91.6 Å². The van der Waals surface area contributed by atoms with E-state index < -0.39 is 129 Å². The fraction of sp³-hybridized carbons (Fsp3) is 0.437. The summed E-state index contributed by atoms with van der Waals surface area (Å²) in [6, 6.07) is 78.3. The predicted molar refractivity (Wildman–Crippen MR) is 399 cm³/mol. The Labute approximate surface area is 639 Å². The fourth-order valence-electron chi connectivity index (χ4n) is 14.2. The zero-order valence-electron chi connectivity index (χ0n) is 62.6. The number of methoxy groups -OCH3 is 5. The number of hydrogen-bond acceptors (Lipinski definition) is 22. The summed E-state index contributed by atoms with van der Waals surface area (Å²) >= 11 is 0. The van der Waals surface area contributed by atoms with Crippen LogP contribution in [0.2, 0.25) is 0 Å². The molecule has 0 bridgehead atoms. The highest BCUT2D eigenvalue weighted by Gasteiger charge is 2.59. The molecule has 8 aromatic rings. The van der Waals surface area contributed by atoms with Gasteiger partial charge in [0.2, 0.25) is 0 Å². The Hall–Kier alpha value is -7.57. The molecule has 4 fully saturated rings. The van der Waals surface area contributed by atoms with Crippen LogP contribution in [0.5, 0.6) is 0 Å². The van der Waals surface area contributed by atoms with Gasteiger partial charge in [-0.15, -0.1) is 0 Å². The summed E-state index contributed by atoms with van der Waals surface area (Å²) in [5.41, 5.74) is 7.21. The summed E-state index contributed by atoms with van der Waals surface area (Å²) < 4.78 is 145. The van der Waals surface area contributed by atoms with E-state index in [4.69, 9.17) is 99.5 Å². The molecule has 4 aliphatic rings. The molecular weight excluding hydrogens is 1400 g/mol. The first kappa shape index (κ1) is 80.9. The number of carbonyl (C=O) groups is 1. The summed E-state index contributed by atoms with van der Waals surface area (Å²) in [4.78, 5) is 13.2. The maximum atomic E-state index is 13.2. The van der Waals surface area contributed by atoms with Crippen molar-refractivity contribution < 1.29 is 104 Å². The van der Waals surface area contributed by atoms with E-state index in [1.165, 1.54) is 14.0 Å². The molecule has 22 heteroatoms. The number of carbonyl (C=O) groups excluding carboxylic acids is 1. The normalized spacial score (nSPS) is 28.5. The van der Waals surface area contributed by atoms with Crippen molar-refractivity contribution in [3.8, 4) is 0 Å². The average Bonchev–Trinajstić information content (AvgIpc) is 0.765. The first-order chi connectivity index (χ1) is 53.7. The van der Waals surface area contributed by atoms with Gasteiger partial charge in [-0.25, -0.2) is 0 Å². The van der Waals surface area contributed by atoms with Crippen LogP contribution in [0.3, 0.4) is 0 Å². The second-order valence-corrected chi connectivity index (χ2v) is 27.1. The minimum atomic E-state index is -1.34. The van der Waals surface area contributed by atoms with Crippen LogP contribution in [0, 0.1) is 0 Å². The van der Waals surface area contributed by atoms with E-state index in [9.17, 15) is 4.79 Å². The highest BCUT2D eigenvalue weighted by atomic mass is 16.8. The molecule has 4 heterocycles. The monoisotopic (exact) mass is 1500 g/mol. The van der Waals surface area contributed by atoms with Crippen LogP contribution in [0.1, 0.15) is 51.4 Å². The molecule has 20 atom stereocenters. The number of benzene rings is 8. The molecule has 109 heavy (non-hydrogen) atoms. The summed E-state index contributed by atoms with van der Waals surface area (Å²) in [5, 5.41) is 0. The Morgan fingerprint density at radius 3 is 0.670 bits per heavy atom. The van der Waals surface area contributed by atoms with Crippen molar-refractivity contribution in [2.45, 2.75) is 183 Å². The molecule has 0 radical (unpaired) electrons. The second-order valence-electron chi connectivity index (χ2n) is 27.1. The van der Waals surface area contributed by atoms with Crippen molar-refractivity contribution >= 4 is 5.97 Å². The summed E-state index contributed by atoms with van der Waals surface area (Å²) in [7, 11) is 7.88. The van der Waals surface area contributed by atoms with E-state index in [0.29, 0.717) is 0 Å². The third-order valence-electron chi connectivity index (χ3n) is 19.6. The Balaban J connectivity index is 0.926. The Morgan fingerprint density at radius 1 is 0.248 bits per heavy atom. The maximum Gasteiger partial charge on any atom is 0.303 e. The number of hydrogen-bond donors (Lipinski definition) is 0. The molecule has 0 aromatic heterocycles. The average molecular weight is 1500 g/mol. The van der Waals surface area contributed by atoms with Crippen molar-refractivity contribution in [2.24, 2.45) is 0 Å². The Kier molecular flexibility index (Phi) is 31.7. The predicted octanol–water partition coefficient (Wildman–Crippen LogP) is 11.9. The van der Waals surface area contributed by atoms with E-state index >= 15 is 0 Å². The summed E-state index contributed by atoms with van der Waals surface area (Å²) in [6.45, 7) is 2.53. The number of ether oxygens (including phenoxy) is 21. The zero-order valence-corrected chi connectivity index (χ0v) is 62.6. The van der Waals surface area contributed by atoms with Crippen molar-refractivity contribution in [1.82, 2.24) is 0 Å². The molecule has 8 aromatic carbocycles. The second kappa shape index (κ2) is 42.7. The highest BCUT2D eigenvalue weighted by molar-refractivity contribution is 5.66. The standard InChI is InChI=1S/C87H102O22/c1-59(88)102-72-68(55-94-47-60-31-15-7-16-32-60)104-85(81(76(72)89-2)99-52-65-41-25-12-26-42-65)108-74-70(57-96-49-62-35-19-9-20-36-62)106-87(83(78(74)91-4)101-54-67-45-29-14-30-46-67)109-75-71(58-97-50-63-37-21-10-22-38-63)105-86(82(79(75)92-5)100-53-66-43-27-13-28-44-66)107-73-69(56-95-48-61-33-17-8-18-34-61)103-84(93-6)80(77(73)90-3)98-51-64-39-23-11-24-40-64/h7-46,68-87H,47-58H2,1-6H3/t68-,69-,70-,71-,72-,73-,74-,75-,76+,77+,78+,79+,80+,81+,82+,83+,84+,85-,86-,87-/m1/s1. The van der Waals surface area contributed by atoms with Crippen molar-refractivity contribution in [1.29, 1.82) is 0 Å². The first-order valence-corrected chi connectivity index (χ1v) is 37.2. The van der Waals surface area contributed by atoms with Crippen LogP contribution in [0.25, 0.3) is 0 Å². The molecule has 0 N–H and O–H groups in total. The first-order valence-electron chi connectivity index (χ1n) is 37.2. The van der Waals surface area contributed by atoms with Gasteiger partial charge in [-0.1, -0.05) is 243 Å². The molecule has 4 aliphatic heterocycles. The molecular formula is C87H102O22. The van der Waals surface area contributed by atoms with Gasteiger partial charge < -0.3 is 99.5 Å². The molecule has 0 spiro atoms. The van der Waals surface area contributed by atoms with Gasteiger partial charge in [-0.2, -0.15) is 0 Å². The third kappa shape index (κ3) is 22.8. The molecule has 0 unspecified atom stereocenters. The largest absolute Gasteiger partial charge is 0.457 e. The van der Waals surface area contributed by atoms with Crippen molar-refractivity contribution in [2.75, 3.05) is 62.0 Å². The van der Waals surface area contributed by atoms with Crippen LogP contribution in [-0.4, -0.2) is 191 Å². The number of esters is 1. The molecule has 0 aliphatic carbocycles. The Morgan fingerprint density at radius 2 is 0.450 bits per heavy atom. The Bertz CT molecular complexity index is 3810. The van der Waals surface area contributed by atoms with E-state index in [0.717, 1.165) is 44.5 Å². The molecule has 4 saturated heterocycles. The minimum Gasteiger partial charge on any atom is -0.457 e. The van der Waals surface area contributed by atoms with Gasteiger partial charge >= 0.3 is 5.97 Å². The molecule has 22 nitrogen and oxygen atoms in total. The van der Waals surface area contributed by atoms with Gasteiger partial charge in [0, 0.05) is 42.5 Å². The minimum absolute atomic E-state index is 0.0411. The third-order valence-corrected chi connectivity index (χ3v) is 19.6. The van der Waals surface area contributed by atoms with Gasteiger partial charge in [0.15, 0.2) is 31.3 Å².